The Morgan fingerprint density at radius 3 is 2.69 bits per heavy atom. The topological polar surface area (TPSA) is 121 Å². The van der Waals surface area contributed by atoms with Crippen LogP contribution in [0.3, 0.4) is 0 Å². The van der Waals surface area contributed by atoms with E-state index < -0.39 is 10.0 Å². The summed E-state index contributed by atoms with van der Waals surface area (Å²) in [5.74, 6) is 1.07. The van der Waals surface area contributed by atoms with Crippen LogP contribution >= 0.6 is 23.4 Å². The van der Waals surface area contributed by atoms with Gasteiger partial charge in [-0.05, 0) is 30.2 Å². The lowest BCUT2D eigenvalue weighted by Crippen LogP contribution is -2.28. The highest BCUT2D eigenvalue weighted by molar-refractivity contribution is 7.99. The van der Waals surface area contributed by atoms with Crippen LogP contribution in [0.15, 0.2) is 33.4 Å². The van der Waals surface area contributed by atoms with Gasteiger partial charge >= 0.3 is 0 Å². The molecule has 3 aromatic rings. The molecule has 4 heterocycles. The van der Waals surface area contributed by atoms with Gasteiger partial charge in [-0.25, -0.2) is 22.7 Å². The van der Waals surface area contributed by atoms with Gasteiger partial charge in [-0.15, -0.1) is 0 Å². The van der Waals surface area contributed by atoms with Gasteiger partial charge < -0.3 is 15.6 Å². The van der Waals surface area contributed by atoms with E-state index in [1.165, 1.54) is 32.1 Å². The highest BCUT2D eigenvalue weighted by Gasteiger charge is 2.30. The van der Waals surface area contributed by atoms with Gasteiger partial charge in [0.2, 0.25) is 10.0 Å². The maximum atomic E-state index is 12.5. The zero-order chi connectivity index (χ0) is 23.2. The van der Waals surface area contributed by atoms with Crippen molar-refractivity contribution in [1.29, 1.82) is 0 Å². The first kappa shape index (κ1) is 23.2. The molecular weight excluding hydrogens is 470 g/mol. The molecule has 0 saturated carbocycles. The lowest BCUT2D eigenvalue weighted by atomic mass is 10.1. The number of nitrogens with one attached hydrogen (secondary N) is 1. The lowest BCUT2D eigenvalue weighted by molar-refractivity contribution is 0.520. The summed E-state index contributed by atoms with van der Waals surface area (Å²) in [6.07, 6.45) is 3.67. The molecule has 0 aliphatic carbocycles. The zero-order valence-corrected chi connectivity index (χ0v) is 20.7. The summed E-state index contributed by atoms with van der Waals surface area (Å²) in [4.78, 5) is 19.8. The molecular formula is C20H26ClN7O2S2. The van der Waals surface area contributed by atoms with Crippen LogP contribution in [0.25, 0.3) is 11.0 Å². The number of aromatic nitrogens is 4. The van der Waals surface area contributed by atoms with E-state index in [9.17, 15) is 8.42 Å². The van der Waals surface area contributed by atoms with E-state index in [2.05, 4.69) is 26.8 Å². The number of anilines is 1. The summed E-state index contributed by atoms with van der Waals surface area (Å²) >= 11 is 7.92. The minimum absolute atomic E-state index is 0.0524. The normalized spacial score (nSPS) is 19.4. The van der Waals surface area contributed by atoms with Gasteiger partial charge in [-0.2, -0.15) is 0 Å². The third kappa shape index (κ3) is 4.19. The molecule has 0 amide bonds. The molecule has 32 heavy (non-hydrogen) atoms. The molecule has 0 bridgehead atoms. The van der Waals surface area contributed by atoms with Crippen molar-refractivity contribution < 1.29 is 8.42 Å². The highest BCUT2D eigenvalue weighted by atomic mass is 35.5. The number of nitrogens with zero attached hydrogens (tertiary/aromatic N) is 5. The highest BCUT2D eigenvalue weighted by Crippen LogP contribution is 2.38. The van der Waals surface area contributed by atoms with E-state index in [1.807, 2.05) is 6.92 Å². The summed E-state index contributed by atoms with van der Waals surface area (Å²) in [6, 6.07) is 1.63. The first-order valence-electron chi connectivity index (χ1n) is 10.3. The Kier molecular flexibility index (Phi) is 6.38. The summed E-state index contributed by atoms with van der Waals surface area (Å²) in [7, 11) is -0.621. The maximum Gasteiger partial charge on any atom is 0.244 e. The summed E-state index contributed by atoms with van der Waals surface area (Å²) < 4.78 is 26.1. The Morgan fingerprint density at radius 2 is 2.06 bits per heavy atom. The SMILES string of the molecule is CCc1[nH]c2nc(Sc3cncc(S(=O)(=O)N(C)C)c3)nc(N3CC(C)C(N)C3)c2c1Cl. The minimum atomic E-state index is -3.59. The van der Waals surface area contributed by atoms with Crippen LogP contribution in [-0.4, -0.2) is 65.9 Å². The number of hydrogen-bond acceptors (Lipinski definition) is 8. The minimum Gasteiger partial charge on any atom is -0.354 e. The van der Waals surface area contributed by atoms with E-state index in [1.54, 1.807) is 12.3 Å². The Labute approximate surface area is 196 Å². The second kappa shape index (κ2) is 8.79. The molecule has 2 atom stereocenters. The van der Waals surface area contributed by atoms with Gasteiger partial charge in [0.25, 0.3) is 0 Å². The van der Waals surface area contributed by atoms with E-state index in [4.69, 9.17) is 22.3 Å². The average Bonchev–Trinajstić information content (AvgIpc) is 3.26. The smallest absolute Gasteiger partial charge is 0.244 e. The number of rotatable bonds is 6. The molecule has 172 valence electrons. The number of H-pyrrole nitrogens is 1. The van der Waals surface area contributed by atoms with Crippen molar-refractivity contribution in [1.82, 2.24) is 24.2 Å². The fraction of sp³-hybridized carbons (Fsp3) is 0.450. The van der Waals surface area contributed by atoms with Crippen LogP contribution in [0.5, 0.6) is 0 Å². The molecule has 12 heteroatoms. The second-order valence-corrected chi connectivity index (χ2v) is 11.7. The van der Waals surface area contributed by atoms with Crippen molar-refractivity contribution in [3.8, 4) is 0 Å². The third-order valence-corrected chi connectivity index (χ3v) is 8.64. The molecule has 1 aliphatic heterocycles. The Morgan fingerprint density at radius 1 is 1.31 bits per heavy atom. The Bertz CT molecular complexity index is 1250. The van der Waals surface area contributed by atoms with Gasteiger partial charge in [-0.3, -0.25) is 4.98 Å². The lowest BCUT2D eigenvalue weighted by Gasteiger charge is -2.19. The molecule has 3 N–H and O–H groups in total. The first-order valence-corrected chi connectivity index (χ1v) is 12.9. The van der Waals surface area contributed by atoms with Crippen molar-refractivity contribution in [3.63, 3.8) is 0 Å². The van der Waals surface area contributed by atoms with Crippen LogP contribution in [-0.2, 0) is 16.4 Å². The second-order valence-electron chi connectivity index (χ2n) is 8.12. The molecule has 1 fully saturated rings. The number of sulfonamides is 1. The van der Waals surface area contributed by atoms with Crippen molar-refractivity contribution in [2.45, 2.75) is 41.3 Å². The van der Waals surface area contributed by atoms with Crippen molar-refractivity contribution in [2.75, 3.05) is 32.1 Å². The summed E-state index contributed by atoms with van der Waals surface area (Å²) in [5.41, 5.74) is 7.81. The summed E-state index contributed by atoms with van der Waals surface area (Å²) in [6.45, 7) is 5.60. The molecule has 1 saturated heterocycles. The third-order valence-electron chi connectivity index (χ3n) is 5.62. The van der Waals surface area contributed by atoms with Crippen LogP contribution < -0.4 is 10.6 Å². The fourth-order valence-electron chi connectivity index (χ4n) is 3.67. The number of halogens is 1. The van der Waals surface area contributed by atoms with E-state index in [-0.39, 0.29) is 10.9 Å². The van der Waals surface area contributed by atoms with Crippen LogP contribution in [0.1, 0.15) is 19.5 Å². The number of pyridine rings is 1. The monoisotopic (exact) mass is 495 g/mol. The van der Waals surface area contributed by atoms with Crippen LogP contribution in [0, 0.1) is 5.92 Å². The van der Waals surface area contributed by atoms with Crippen molar-refractivity contribution in [2.24, 2.45) is 11.7 Å². The standard InChI is InChI=1S/C20H26ClN7O2S2/c1-5-15-17(21)16-18(24-15)25-20(26-19(16)28-9-11(2)14(22)10-28)31-12-6-13(8-23-7-12)32(29,30)27(3)4/h6-8,11,14H,5,9-10,22H2,1-4H3,(H,24,25,26). The zero-order valence-electron chi connectivity index (χ0n) is 18.3. The van der Waals surface area contributed by atoms with Gasteiger partial charge in [0, 0.05) is 56.2 Å². The first-order chi connectivity index (χ1) is 15.1. The fourth-order valence-corrected chi connectivity index (χ4v) is 5.77. The molecule has 2 unspecified atom stereocenters. The van der Waals surface area contributed by atoms with Crippen LogP contribution in [0.2, 0.25) is 5.02 Å². The molecule has 0 spiro atoms. The van der Waals surface area contributed by atoms with Gasteiger partial charge in [0.1, 0.15) is 16.4 Å². The number of aryl methyl sites for hydroxylation is 1. The quantitative estimate of drug-likeness (QED) is 0.500. The predicted octanol–water partition coefficient (Wildman–Crippen LogP) is 2.75. The molecule has 4 rings (SSSR count). The van der Waals surface area contributed by atoms with Crippen LogP contribution in [0.4, 0.5) is 5.82 Å². The number of fused-ring (bicyclic) bond motifs is 1. The number of hydrogen-bond donors (Lipinski definition) is 2. The van der Waals surface area contributed by atoms with E-state index in [0.717, 1.165) is 34.2 Å². The largest absolute Gasteiger partial charge is 0.354 e. The predicted molar refractivity (Wildman–Crippen MR) is 127 cm³/mol. The molecule has 1 aliphatic rings. The van der Waals surface area contributed by atoms with E-state index >= 15 is 0 Å². The maximum absolute atomic E-state index is 12.5. The van der Waals surface area contributed by atoms with Gasteiger partial charge in [0.15, 0.2) is 5.16 Å². The average molecular weight is 496 g/mol. The number of aromatic amines is 1. The number of nitrogens with two attached hydrogens (primary N) is 1. The summed E-state index contributed by atoms with van der Waals surface area (Å²) in [5, 5.41) is 1.89. The molecule has 0 radical (unpaired) electrons. The van der Waals surface area contributed by atoms with Gasteiger partial charge in [0.05, 0.1) is 10.4 Å². The van der Waals surface area contributed by atoms with E-state index in [0.29, 0.717) is 33.2 Å². The Balaban J connectivity index is 1.78. The van der Waals surface area contributed by atoms with Gasteiger partial charge in [-0.1, -0.05) is 25.4 Å². The molecule has 3 aromatic heterocycles. The Hall–Kier alpha value is -1.92. The molecule has 0 aromatic carbocycles. The molecule has 9 nitrogen and oxygen atoms in total. The van der Waals surface area contributed by atoms with Crippen molar-refractivity contribution >= 4 is 50.2 Å². The van der Waals surface area contributed by atoms with Crippen molar-refractivity contribution in [3.05, 3.63) is 29.2 Å².